The highest BCUT2D eigenvalue weighted by Crippen LogP contribution is 2.30. The predicted octanol–water partition coefficient (Wildman–Crippen LogP) is 5.97. The van der Waals surface area contributed by atoms with Crippen molar-refractivity contribution in [3.63, 3.8) is 0 Å². The summed E-state index contributed by atoms with van der Waals surface area (Å²) in [5.41, 5.74) is 10.8. The number of hydrogen-bond acceptors (Lipinski definition) is 6. The van der Waals surface area contributed by atoms with Gasteiger partial charge in [-0.1, -0.05) is 58.9 Å². The monoisotopic (exact) mass is 477 g/mol. The smallest absolute Gasteiger partial charge is 0.290 e. The summed E-state index contributed by atoms with van der Waals surface area (Å²) in [4.78, 5) is 21.6. The fourth-order valence-corrected chi connectivity index (χ4v) is 4.60. The molecular weight excluding hydrogens is 446 g/mol. The fourth-order valence-electron chi connectivity index (χ4n) is 3.84. The Morgan fingerprint density at radius 3 is 2.44 bits per heavy atom. The zero-order valence-corrected chi connectivity index (χ0v) is 21.5. The number of thiazole rings is 1. The lowest BCUT2D eigenvalue weighted by Crippen LogP contribution is -2.34. The lowest BCUT2D eigenvalue weighted by molar-refractivity contribution is 0.253. The zero-order valence-electron chi connectivity index (χ0n) is 20.6. The highest BCUT2D eigenvalue weighted by atomic mass is 32.1. The molecule has 0 bridgehead atoms. The number of benzene rings is 1. The molecule has 0 unspecified atom stereocenters. The maximum atomic E-state index is 12.5. The standard InChI is InChI=1S/C25H31N7OS/c1-14(2)18-12-19(26-22-21(18)15(3)31-32(22)7)29-30-24(33)28-20-13-34-23(27-20)16-8-10-17(11-9-16)25(4,5)6/h8-14H,1-7H3,(H,26,29)(H2,28,30,33). The van der Waals surface area contributed by atoms with Crippen LogP contribution >= 0.6 is 11.3 Å². The van der Waals surface area contributed by atoms with Gasteiger partial charge in [-0.2, -0.15) is 5.10 Å². The summed E-state index contributed by atoms with van der Waals surface area (Å²) in [6.07, 6.45) is 0. The largest absolute Gasteiger partial charge is 0.339 e. The van der Waals surface area contributed by atoms with Crippen molar-refractivity contribution in [3.8, 4) is 10.6 Å². The molecule has 178 valence electrons. The molecule has 0 aliphatic carbocycles. The van der Waals surface area contributed by atoms with Crippen molar-refractivity contribution in [3.05, 3.63) is 52.5 Å². The quantitative estimate of drug-likeness (QED) is 0.308. The number of hydrogen-bond donors (Lipinski definition) is 3. The number of amides is 2. The second-order valence-corrected chi connectivity index (χ2v) is 10.6. The lowest BCUT2D eigenvalue weighted by Gasteiger charge is -2.18. The van der Waals surface area contributed by atoms with Gasteiger partial charge in [-0.3, -0.25) is 15.4 Å². The third-order valence-corrected chi connectivity index (χ3v) is 6.56. The first-order valence-corrected chi connectivity index (χ1v) is 12.1. The molecule has 8 nitrogen and oxygen atoms in total. The van der Waals surface area contributed by atoms with Crippen LogP contribution < -0.4 is 16.2 Å². The molecule has 0 spiro atoms. The molecule has 4 rings (SSSR count). The second kappa shape index (κ2) is 9.06. The van der Waals surface area contributed by atoms with Crippen LogP contribution in [0.5, 0.6) is 0 Å². The molecular formula is C25H31N7OS. The van der Waals surface area contributed by atoms with Gasteiger partial charge in [-0.15, -0.1) is 11.3 Å². The van der Waals surface area contributed by atoms with E-state index in [4.69, 9.17) is 0 Å². The summed E-state index contributed by atoms with van der Waals surface area (Å²) in [7, 11) is 1.87. The van der Waals surface area contributed by atoms with Crippen LogP contribution in [0.4, 0.5) is 16.4 Å². The molecule has 3 aromatic heterocycles. The Hall–Kier alpha value is -3.46. The fraction of sp³-hybridized carbons (Fsp3) is 0.360. The Morgan fingerprint density at radius 2 is 1.79 bits per heavy atom. The summed E-state index contributed by atoms with van der Waals surface area (Å²) in [6.45, 7) is 12.8. The molecule has 2 amide bonds. The Labute approximate surface area is 203 Å². The van der Waals surface area contributed by atoms with Crippen LogP contribution in [0.25, 0.3) is 21.6 Å². The number of urea groups is 1. The minimum absolute atomic E-state index is 0.101. The van der Waals surface area contributed by atoms with Gasteiger partial charge in [0, 0.05) is 23.4 Å². The third kappa shape index (κ3) is 4.89. The van der Waals surface area contributed by atoms with Gasteiger partial charge in [-0.25, -0.2) is 20.2 Å². The number of anilines is 2. The van der Waals surface area contributed by atoms with Gasteiger partial charge < -0.3 is 0 Å². The van der Waals surface area contributed by atoms with Gasteiger partial charge in [-0.05, 0) is 35.4 Å². The van der Waals surface area contributed by atoms with Gasteiger partial charge in [0.15, 0.2) is 5.65 Å². The Kier molecular flexibility index (Phi) is 6.31. The number of nitrogens with zero attached hydrogens (tertiary/aromatic N) is 4. The number of aryl methyl sites for hydroxylation is 2. The number of pyridine rings is 1. The van der Waals surface area contributed by atoms with E-state index >= 15 is 0 Å². The van der Waals surface area contributed by atoms with Gasteiger partial charge in [0.1, 0.15) is 16.6 Å². The molecule has 3 heterocycles. The Bertz CT molecular complexity index is 1330. The van der Waals surface area contributed by atoms with E-state index in [1.165, 1.54) is 16.9 Å². The third-order valence-electron chi connectivity index (χ3n) is 5.67. The lowest BCUT2D eigenvalue weighted by atomic mass is 9.87. The molecule has 0 atom stereocenters. The van der Waals surface area contributed by atoms with Crippen LogP contribution in [-0.4, -0.2) is 25.8 Å². The topological polar surface area (TPSA) is 96.8 Å². The van der Waals surface area contributed by atoms with Crippen LogP contribution in [0.3, 0.4) is 0 Å². The number of hydrazine groups is 1. The van der Waals surface area contributed by atoms with Crippen molar-refractivity contribution in [1.29, 1.82) is 0 Å². The normalized spacial score (nSPS) is 11.8. The van der Waals surface area contributed by atoms with Crippen LogP contribution in [0.2, 0.25) is 0 Å². The van der Waals surface area contributed by atoms with Crippen molar-refractivity contribution >= 4 is 40.0 Å². The predicted molar refractivity (Wildman–Crippen MR) is 139 cm³/mol. The molecule has 0 saturated carbocycles. The maximum absolute atomic E-state index is 12.5. The highest BCUT2D eigenvalue weighted by molar-refractivity contribution is 7.13. The van der Waals surface area contributed by atoms with Crippen LogP contribution in [0.15, 0.2) is 35.7 Å². The van der Waals surface area contributed by atoms with Crippen molar-refractivity contribution in [2.75, 3.05) is 10.7 Å². The molecule has 0 radical (unpaired) electrons. The number of carbonyl (C=O) groups excluding carboxylic acids is 1. The molecule has 1 aromatic carbocycles. The number of carbonyl (C=O) groups is 1. The van der Waals surface area contributed by atoms with Crippen molar-refractivity contribution in [2.24, 2.45) is 7.05 Å². The van der Waals surface area contributed by atoms with E-state index in [-0.39, 0.29) is 11.3 Å². The number of fused-ring (bicyclic) bond motifs is 1. The molecule has 34 heavy (non-hydrogen) atoms. The van der Waals surface area contributed by atoms with E-state index < -0.39 is 6.03 Å². The molecule has 0 aliphatic rings. The zero-order chi connectivity index (χ0) is 24.6. The van der Waals surface area contributed by atoms with Gasteiger partial charge in [0.2, 0.25) is 0 Å². The van der Waals surface area contributed by atoms with E-state index in [9.17, 15) is 4.79 Å². The summed E-state index contributed by atoms with van der Waals surface area (Å²) in [5.74, 6) is 1.33. The van der Waals surface area contributed by atoms with E-state index in [1.807, 2.05) is 25.4 Å². The van der Waals surface area contributed by atoms with Crippen molar-refractivity contribution in [1.82, 2.24) is 25.2 Å². The summed E-state index contributed by atoms with van der Waals surface area (Å²) >= 11 is 1.49. The second-order valence-electron chi connectivity index (χ2n) is 9.73. The summed E-state index contributed by atoms with van der Waals surface area (Å²) < 4.78 is 1.76. The van der Waals surface area contributed by atoms with Gasteiger partial charge in [0.05, 0.1) is 5.69 Å². The molecule has 9 heteroatoms. The van der Waals surface area contributed by atoms with Crippen LogP contribution in [-0.2, 0) is 12.5 Å². The molecule has 0 fully saturated rings. The number of rotatable bonds is 5. The minimum Gasteiger partial charge on any atom is -0.290 e. The van der Waals surface area contributed by atoms with Crippen molar-refractivity contribution in [2.45, 2.75) is 52.9 Å². The first-order valence-electron chi connectivity index (χ1n) is 11.3. The molecule has 3 N–H and O–H groups in total. The molecule has 0 aliphatic heterocycles. The Morgan fingerprint density at radius 1 is 1.09 bits per heavy atom. The van der Waals surface area contributed by atoms with Gasteiger partial charge >= 0.3 is 6.03 Å². The highest BCUT2D eigenvalue weighted by Gasteiger charge is 2.17. The average molecular weight is 478 g/mol. The van der Waals surface area contributed by atoms with E-state index in [0.717, 1.165) is 32.9 Å². The van der Waals surface area contributed by atoms with E-state index in [1.54, 1.807) is 4.68 Å². The number of nitrogens with one attached hydrogen (secondary N) is 3. The van der Waals surface area contributed by atoms with Crippen molar-refractivity contribution < 1.29 is 4.79 Å². The average Bonchev–Trinajstić information content (AvgIpc) is 3.35. The SMILES string of the molecule is Cc1nn(C)c2nc(NNC(=O)Nc3csc(-c4ccc(C(C)(C)C)cc4)n3)cc(C(C)C)c12. The first kappa shape index (κ1) is 23.7. The first-order chi connectivity index (χ1) is 16.0. The Balaban J connectivity index is 1.43. The van der Waals surface area contributed by atoms with E-state index in [0.29, 0.717) is 11.6 Å². The van der Waals surface area contributed by atoms with Crippen LogP contribution in [0.1, 0.15) is 57.4 Å². The van der Waals surface area contributed by atoms with Crippen LogP contribution in [0, 0.1) is 6.92 Å². The molecule has 4 aromatic rings. The summed E-state index contributed by atoms with van der Waals surface area (Å²) in [5, 5.41) is 11.0. The minimum atomic E-state index is -0.422. The number of aromatic nitrogens is 4. The molecule has 0 saturated heterocycles. The summed E-state index contributed by atoms with van der Waals surface area (Å²) in [6, 6.07) is 9.91. The van der Waals surface area contributed by atoms with Gasteiger partial charge in [0.25, 0.3) is 0 Å². The maximum Gasteiger partial charge on any atom is 0.339 e. The van der Waals surface area contributed by atoms with E-state index in [2.05, 4.69) is 90.1 Å².